The molecule has 1 amide bonds. The molecule has 1 aromatic carbocycles. The largest absolute Gasteiger partial charge is 0.384 e. The molecule has 21 heavy (non-hydrogen) atoms. The van der Waals surface area contributed by atoms with E-state index in [9.17, 15) is 4.79 Å². The number of hydrogen-bond donors (Lipinski definition) is 2. The number of amides is 1. The molecule has 5 heteroatoms. The van der Waals surface area contributed by atoms with Crippen molar-refractivity contribution in [3.8, 4) is 0 Å². The molecular formula is C16H18BrN3O. The average molecular weight is 348 g/mol. The Kier molecular flexibility index (Phi) is 4.63. The molecule has 0 bridgehead atoms. The van der Waals surface area contributed by atoms with Gasteiger partial charge in [0.05, 0.1) is 0 Å². The van der Waals surface area contributed by atoms with Crippen molar-refractivity contribution in [1.29, 1.82) is 0 Å². The van der Waals surface area contributed by atoms with E-state index in [-0.39, 0.29) is 11.8 Å². The van der Waals surface area contributed by atoms with E-state index in [0.29, 0.717) is 11.4 Å². The summed E-state index contributed by atoms with van der Waals surface area (Å²) in [7, 11) is 0. The first-order valence-electron chi connectivity index (χ1n) is 6.71. The molecule has 2 rings (SSSR count). The Bertz CT molecular complexity index is 663. The highest BCUT2D eigenvalue weighted by Gasteiger charge is 2.11. The van der Waals surface area contributed by atoms with Crippen LogP contribution in [-0.4, -0.2) is 10.9 Å². The first-order chi connectivity index (χ1) is 9.85. The number of nitrogens with zero attached hydrogens (tertiary/aromatic N) is 1. The van der Waals surface area contributed by atoms with E-state index < -0.39 is 0 Å². The van der Waals surface area contributed by atoms with Gasteiger partial charge in [0, 0.05) is 21.4 Å². The second-order valence-electron chi connectivity index (χ2n) is 5.33. The van der Waals surface area contributed by atoms with Crippen LogP contribution in [0.3, 0.4) is 0 Å². The molecule has 0 fully saturated rings. The van der Waals surface area contributed by atoms with Crippen LogP contribution in [0, 0.1) is 6.92 Å². The van der Waals surface area contributed by atoms with Gasteiger partial charge in [-0.25, -0.2) is 4.98 Å². The van der Waals surface area contributed by atoms with Crippen molar-refractivity contribution < 1.29 is 4.79 Å². The molecule has 0 saturated carbocycles. The van der Waals surface area contributed by atoms with Gasteiger partial charge in [0.1, 0.15) is 5.82 Å². The number of anilines is 2. The Morgan fingerprint density at radius 1 is 1.24 bits per heavy atom. The van der Waals surface area contributed by atoms with Crippen LogP contribution in [0.25, 0.3) is 0 Å². The lowest BCUT2D eigenvalue weighted by Crippen LogP contribution is -2.14. The fourth-order valence-corrected chi connectivity index (χ4v) is 2.62. The van der Waals surface area contributed by atoms with E-state index in [1.165, 1.54) is 0 Å². The quantitative estimate of drug-likeness (QED) is 0.877. The number of nitrogen functional groups attached to an aromatic ring is 1. The Morgan fingerprint density at radius 3 is 2.57 bits per heavy atom. The van der Waals surface area contributed by atoms with Gasteiger partial charge in [0.25, 0.3) is 5.91 Å². The van der Waals surface area contributed by atoms with Crippen molar-refractivity contribution >= 4 is 33.3 Å². The Hall–Kier alpha value is -1.88. The van der Waals surface area contributed by atoms with Crippen LogP contribution in [0.15, 0.2) is 34.8 Å². The predicted octanol–water partition coefficient (Wildman–Crippen LogP) is 4.11. The zero-order valence-corrected chi connectivity index (χ0v) is 13.9. The number of hydrogen-bond acceptors (Lipinski definition) is 3. The van der Waals surface area contributed by atoms with E-state index in [1.54, 1.807) is 12.1 Å². The highest BCUT2D eigenvalue weighted by atomic mass is 79.9. The number of carbonyl (C=O) groups is 1. The van der Waals surface area contributed by atoms with Crippen molar-refractivity contribution in [2.45, 2.75) is 26.7 Å². The van der Waals surface area contributed by atoms with Crippen molar-refractivity contribution in [2.75, 3.05) is 11.1 Å². The third-order valence-electron chi connectivity index (χ3n) is 3.02. The average Bonchev–Trinajstić information content (AvgIpc) is 2.36. The lowest BCUT2D eigenvalue weighted by Gasteiger charge is -2.10. The van der Waals surface area contributed by atoms with E-state index in [0.717, 1.165) is 21.4 Å². The zero-order chi connectivity index (χ0) is 15.6. The molecule has 0 unspecified atom stereocenters. The van der Waals surface area contributed by atoms with E-state index in [4.69, 9.17) is 5.73 Å². The van der Waals surface area contributed by atoms with Gasteiger partial charge in [0.15, 0.2) is 0 Å². The fraction of sp³-hybridized carbons (Fsp3) is 0.250. The molecule has 0 spiro atoms. The summed E-state index contributed by atoms with van der Waals surface area (Å²) in [4.78, 5) is 16.6. The standard InChI is InChI=1S/C16H18BrN3O/c1-9(2)14-6-11(7-15(18)20-14)16(21)19-13-5-10(3)4-12(17)8-13/h4-9H,1-3H3,(H2,18,20)(H,19,21). The minimum atomic E-state index is -0.191. The number of pyridine rings is 1. The Labute approximate surface area is 132 Å². The number of aryl methyl sites for hydroxylation is 1. The third kappa shape index (κ3) is 4.04. The summed E-state index contributed by atoms with van der Waals surface area (Å²) in [5.74, 6) is 0.383. The van der Waals surface area contributed by atoms with Crippen molar-refractivity contribution in [1.82, 2.24) is 4.98 Å². The summed E-state index contributed by atoms with van der Waals surface area (Å²) >= 11 is 3.42. The van der Waals surface area contributed by atoms with Crippen LogP contribution in [0.4, 0.5) is 11.5 Å². The molecule has 110 valence electrons. The highest BCUT2D eigenvalue weighted by molar-refractivity contribution is 9.10. The number of aromatic nitrogens is 1. The number of halogens is 1. The first-order valence-corrected chi connectivity index (χ1v) is 7.50. The normalized spacial score (nSPS) is 10.7. The summed E-state index contributed by atoms with van der Waals surface area (Å²) in [5.41, 5.74) is 8.92. The maximum absolute atomic E-state index is 12.4. The smallest absolute Gasteiger partial charge is 0.255 e. The summed E-state index contributed by atoms with van der Waals surface area (Å²) in [5, 5.41) is 2.88. The molecule has 0 radical (unpaired) electrons. The van der Waals surface area contributed by atoms with Crippen LogP contribution in [0.2, 0.25) is 0 Å². The van der Waals surface area contributed by atoms with Gasteiger partial charge in [-0.15, -0.1) is 0 Å². The summed E-state index contributed by atoms with van der Waals surface area (Å²) in [6.45, 7) is 6.00. The fourth-order valence-electron chi connectivity index (χ4n) is 2.01. The number of benzene rings is 1. The highest BCUT2D eigenvalue weighted by Crippen LogP contribution is 2.21. The monoisotopic (exact) mass is 347 g/mol. The van der Waals surface area contributed by atoms with Gasteiger partial charge in [0.2, 0.25) is 0 Å². The van der Waals surface area contributed by atoms with Crippen LogP contribution in [-0.2, 0) is 0 Å². The SMILES string of the molecule is Cc1cc(Br)cc(NC(=O)c2cc(N)nc(C(C)C)c2)c1. The second-order valence-corrected chi connectivity index (χ2v) is 6.25. The summed E-state index contributed by atoms with van der Waals surface area (Å²) in [6.07, 6.45) is 0. The predicted molar refractivity (Wildman–Crippen MR) is 89.6 cm³/mol. The lowest BCUT2D eigenvalue weighted by atomic mass is 10.1. The Balaban J connectivity index is 2.28. The molecule has 3 N–H and O–H groups in total. The van der Waals surface area contributed by atoms with E-state index in [2.05, 4.69) is 26.2 Å². The molecule has 0 aliphatic rings. The van der Waals surface area contributed by atoms with E-state index in [1.807, 2.05) is 39.0 Å². The van der Waals surface area contributed by atoms with Crippen molar-refractivity contribution in [3.63, 3.8) is 0 Å². The van der Waals surface area contributed by atoms with Gasteiger partial charge in [-0.1, -0.05) is 29.8 Å². The number of rotatable bonds is 3. The number of nitrogens with two attached hydrogens (primary N) is 1. The topological polar surface area (TPSA) is 68.0 Å². The minimum absolute atomic E-state index is 0.191. The molecule has 1 heterocycles. The minimum Gasteiger partial charge on any atom is -0.384 e. The first kappa shape index (κ1) is 15.5. The maximum Gasteiger partial charge on any atom is 0.255 e. The summed E-state index contributed by atoms with van der Waals surface area (Å²) in [6, 6.07) is 9.12. The molecular weight excluding hydrogens is 330 g/mol. The van der Waals surface area contributed by atoms with Crippen LogP contribution in [0.1, 0.15) is 41.4 Å². The van der Waals surface area contributed by atoms with Gasteiger partial charge < -0.3 is 11.1 Å². The lowest BCUT2D eigenvalue weighted by molar-refractivity contribution is 0.102. The van der Waals surface area contributed by atoms with Crippen LogP contribution < -0.4 is 11.1 Å². The molecule has 2 aromatic rings. The van der Waals surface area contributed by atoms with E-state index >= 15 is 0 Å². The second kappa shape index (κ2) is 6.26. The van der Waals surface area contributed by atoms with Crippen molar-refractivity contribution in [2.24, 2.45) is 0 Å². The molecule has 0 aliphatic carbocycles. The molecule has 1 aromatic heterocycles. The zero-order valence-electron chi connectivity index (χ0n) is 12.3. The molecule has 0 aliphatic heterocycles. The number of carbonyl (C=O) groups excluding carboxylic acids is 1. The van der Waals surface area contributed by atoms with Gasteiger partial charge in [-0.3, -0.25) is 4.79 Å². The van der Waals surface area contributed by atoms with Gasteiger partial charge in [-0.05, 0) is 48.7 Å². The molecule has 0 atom stereocenters. The van der Waals surface area contributed by atoms with Crippen molar-refractivity contribution in [3.05, 3.63) is 51.6 Å². The molecule has 0 saturated heterocycles. The third-order valence-corrected chi connectivity index (χ3v) is 3.48. The maximum atomic E-state index is 12.4. The van der Waals surface area contributed by atoms with Gasteiger partial charge >= 0.3 is 0 Å². The Morgan fingerprint density at radius 2 is 1.95 bits per heavy atom. The molecule has 4 nitrogen and oxygen atoms in total. The summed E-state index contributed by atoms with van der Waals surface area (Å²) < 4.78 is 0.926. The van der Waals surface area contributed by atoms with Crippen LogP contribution in [0.5, 0.6) is 0 Å². The van der Waals surface area contributed by atoms with Gasteiger partial charge in [-0.2, -0.15) is 0 Å². The van der Waals surface area contributed by atoms with Crippen LogP contribution >= 0.6 is 15.9 Å². The number of nitrogens with one attached hydrogen (secondary N) is 1.